The van der Waals surface area contributed by atoms with Crippen LogP contribution in [-0.4, -0.2) is 36.3 Å². The molecule has 0 bridgehead atoms. The van der Waals surface area contributed by atoms with Crippen LogP contribution in [0.2, 0.25) is 0 Å². The Bertz CT molecular complexity index is 1410. The Morgan fingerprint density at radius 3 is 2.43 bits per heavy atom. The zero-order valence-electron chi connectivity index (χ0n) is 19.7. The molecular weight excluding hydrogens is 444 g/mol. The number of imide groups is 1. The van der Waals surface area contributed by atoms with E-state index in [0.29, 0.717) is 12.2 Å². The first-order valence-electron chi connectivity index (χ1n) is 11.5. The second-order valence-corrected chi connectivity index (χ2v) is 8.91. The molecule has 7 nitrogen and oxygen atoms in total. The second kappa shape index (κ2) is 8.51. The van der Waals surface area contributed by atoms with Gasteiger partial charge in [0.05, 0.1) is 22.4 Å². The first kappa shape index (κ1) is 22.5. The summed E-state index contributed by atoms with van der Waals surface area (Å²) < 4.78 is 5.45. The molecule has 2 heterocycles. The molecule has 3 amide bonds. The molecule has 0 saturated carbocycles. The standard InChI is InChI=1S/C28H24N2O5/c1-16-8-9-17(2)24(14-16)30-26(32)21-11-10-20(15-22(21)27(30)33)28(34)35-18(3)25(31)29-13-12-19-6-4-5-7-23(19)29/h4-11,14-15,18H,12-13H2,1-3H3. The summed E-state index contributed by atoms with van der Waals surface area (Å²) in [5.41, 5.74) is 4.61. The number of para-hydroxylation sites is 1. The third-order valence-electron chi connectivity index (χ3n) is 6.51. The number of nitrogens with zero attached hydrogens (tertiary/aromatic N) is 2. The molecule has 1 atom stereocenters. The van der Waals surface area contributed by atoms with Crippen LogP contribution in [0.15, 0.2) is 60.7 Å². The average molecular weight is 469 g/mol. The minimum atomic E-state index is -1.01. The van der Waals surface area contributed by atoms with E-state index >= 15 is 0 Å². The van der Waals surface area contributed by atoms with Crippen LogP contribution >= 0.6 is 0 Å². The number of aryl methyl sites for hydroxylation is 2. The fourth-order valence-electron chi connectivity index (χ4n) is 4.61. The van der Waals surface area contributed by atoms with Gasteiger partial charge in [-0.15, -0.1) is 0 Å². The zero-order chi connectivity index (χ0) is 24.9. The minimum Gasteiger partial charge on any atom is -0.449 e. The number of amides is 3. The first-order chi connectivity index (χ1) is 16.8. The fourth-order valence-corrected chi connectivity index (χ4v) is 4.61. The van der Waals surface area contributed by atoms with E-state index in [4.69, 9.17) is 4.74 Å². The maximum absolute atomic E-state index is 13.2. The van der Waals surface area contributed by atoms with Crippen molar-refractivity contribution < 1.29 is 23.9 Å². The van der Waals surface area contributed by atoms with Gasteiger partial charge in [-0.25, -0.2) is 9.69 Å². The van der Waals surface area contributed by atoms with Crippen molar-refractivity contribution in [3.05, 3.63) is 94.0 Å². The summed E-state index contributed by atoms with van der Waals surface area (Å²) in [6.07, 6.45) is -0.258. The number of fused-ring (bicyclic) bond motifs is 2. The molecule has 5 rings (SSSR count). The van der Waals surface area contributed by atoms with Gasteiger partial charge in [0.15, 0.2) is 6.10 Å². The SMILES string of the molecule is Cc1ccc(C)c(N2C(=O)c3ccc(C(=O)OC(C)C(=O)N4CCc5ccccc54)cc3C2=O)c1. The van der Waals surface area contributed by atoms with Crippen molar-refractivity contribution in [2.24, 2.45) is 0 Å². The summed E-state index contributed by atoms with van der Waals surface area (Å²) >= 11 is 0. The summed E-state index contributed by atoms with van der Waals surface area (Å²) in [6, 6.07) is 17.5. The lowest BCUT2D eigenvalue weighted by Gasteiger charge is -2.21. The van der Waals surface area contributed by atoms with Crippen LogP contribution in [0.1, 0.15) is 54.7 Å². The highest BCUT2D eigenvalue weighted by atomic mass is 16.5. The van der Waals surface area contributed by atoms with E-state index in [-0.39, 0.29) is 22.6 Å². The molecule has 0 fully saturated rings. The third kappa shape index (κ3) is 3.79. The van der Waals surface area contributed by atoms with Crippen LogP contribution in [0.3, 0.4) is 0 Å². The number of rotatable bonds is 4. The molecule has 7 heteroatoms. The van der Waals surface area contributed by atoms with Crippen molar-refractivity contribution in [3.63, 3.8) is 0 Å². The van der Waals surface area contributed by atoms with Gasteiger partial charge in [0.2, 0.25) is 0 Å². The maximum Gasteiger partial charge on any atom is 0.338 e. The van der Waals surface area contributed by atoms with Gasteiger partial charge < -0.3 is 9.64 Å². The van der Waals surface area contributed by atoms with Crippen molar-refractivity contribution in [2.75, 3.05) is 16.3 Å². The predicted molar refractivity (Wildman–Crippen MR) is 131 cm³/mol. The molecule has 0 aliphatic carbocycles. The highest BCUT2D eigenvalue weighted by Crippen LogP contribution is 2.32. The largest absolute Gasteiger partial charge is 0.449 e. The molecule has 35 heavy (non-hydrogen) atoms. The average Bonchev–Trinajstić information content (AvgIpc) is 3.39. The molecule has 2 aliphatic rings. The van der Waals surface area contributed by atoms with E-state index in [1.165, 1.54) is 25.1 Å². The number of carbonyl (C=O) groups excluding carboxylic acids is 4. The molecule has 3 aromatic carbocycles. The number of hydrogen-bond donors (Lipinski definition) is 0. The Balaban J connectivity index is 1.35. The molecule has 0 N–H and O–H groups in total. The van der Waals surface area contributed by atoms with E-state index in [2.05, 4.69) is 0 Å². The number of anilines is 2. The monoisotopic (exact) mass is 468 g/mol. The number of esters is 1. The summed E-state index contributed by atoms with van der Waals surface area (Å²) in [6.45, 7) is 5.78. The normalized spacial score (nSPS) is 15.2. The van der Waals surface area contributed by atoms with Gasteiger partial charge in [-0.05, 0) is 74.2 Å². The van der Waals surface area contributed by atoms with Gasteiger partial charge in [0.25, 0.3) is 17.7 Å². The molecular formula is C28H24N2O5. The van der Waals surface area contributed by atoms with Gasteiger partial charge in [0, 0.05) is 12.2 Å². The van der Waals surface area contributed by atoms with Crippen LogP contribution in [0, 0.1) is 13.8 Å². The highest BCUT2D eigenvalue weighted by molar-refractivity contribution is 6.35. The lowest BCUT2D eigenvalue weighted by atomic mass is 10.1. The summed E-state index contributed by atoms with van der Waals surface area (Å²) in [5, 5.41) is 0. The third-order valence-corrected chi connectivity index (χ3v) is 6.51. The zero-order valence-corrected chi connectivity index (χ0v) is 19.7. The van der Waals surface area contributed by atoms with E-state index in [1.54, 1.807) is 11.0 Å². The fraction of sp³-hybridized carbons (Fsp3) is 0.214. The van der Waals surface area contributed by atoms with Crippen molar-refractivity contribution in [2.45, 2.75) is 33.3 Å². The van der Waals surface area contributed by atoms with Crippen LogP contribution < -0.4 is 9.80 Å². The Morgan fingerprint density at radius 1 is 0.886 bits per heavy atom. The van der Waals surface area contributed by atoms with Gasteiger partial charge in [0.1, 0.15) is 0 Å². The Morgan fingerprint density at radius 2 is 1.63 bits per heavy atom. The molecule has 0 spiro atoms. The molecule has 176 valence electrons. The van der Waals surface area contributed by atoms with E-state index in [1.807, 2.05) is 50.2 Å². The van der Waals surface area contributed by atoms with Gasteiger partial charge in [-0.2, -0.15) is 0 Å². The van der Waals surface area contributed by atoms with Crippen molar-refractivity contribution in [3.8, 4) is 0 Å². The first-order valence-corrected chi connectivity index (χ1v) is 11.5. The quantitative estimate of drug-likeness (QED) is 0.423. The number of ether oxygens (including phenoxy) is 1. The molecule has 2 aliphatic heterocycles. The maximum atomic E-state index is 13.2. The molecule has 0 saturated heterocycles. The summed E-state index contributed by atoms with van der Waals surface area (Å²) in [5.74, 6) is -1.97. The topological polar surface area (TPSA) is 84.0 Å². The van der Waals surface area contributed by atoms with E-state index < -0.39 is 23.9 Å². The van der Waals surface area contributed by atoms with E-state index in [0.717, 1.165) is 33.7 Å². The lowest BCUT2D eigenvalue weighted by molar-refractivity contribution is -0.126. The van der Waals surface area contributed by atoms with Crippen molar-refractivity contribution in [1.82, 2.24) is 0 Å². The van der Waals surface area contributed by atoms with Crippen LogP contribution in [-0.2, 0) is 16.0 Å². The van der Waals surface area contributed by atoms with Crippen LogP contribution in [0.25, 0.3) is 0 Å². The Hall–Kier alpha value is -4.26. The smallest absolute Gasteiger partial charge is 0.338 e. The van der Waals surface area contributed by atoms with Gasteiger partial charge in [-0.1, -0.05) is 30.3 Å². The van der Waals surface area contributed by atoms with Crippen LogP contribution in [0.4, 0.5) is 11.4 Å². The van der Waals surface area contributed by atoms with Gasteiger partial charge in [-0.3, -0.25) is 14.4 Å². The van der Waals surface area contributed by atoms with E-state index in [9.17, 15) is 19.2 Å². The number of hydrogen-bond acceptors (Lipinski definition) is 5. The van der Waals surface area contributed by atoms with Gasteiger partial charge >= 0.3 is 5.97 Å². The summed E-state index contributed by atoms with van der Waals surface area (Å²) in [7, 11) is 0. The number of carbonyl (C=O) groups is 4. The van der Waals surface area contributed by atoms with Crippen molar-refractivity contribution >= 4 is 35.1 Å². The lowest BCUT2D eigenvalue weighted by Crippen LogP contribution is -2.39. The molecule has 1 unspecified atom stereocenters. The molecule has 0 radical (unpaired) electrons. The van der Waals surface area contributed by atoms with Crippen molar-refractivity contribution in [1.29, 1.82) is 0 Å². The second-order valence-electron chi connectivity index (χ2n) is 8.91. The predicted octanol–water partition coefficient (Wildman–Crippen LogP) is 4.24. The number of benzene rings is 3. The summed E-state index contributed by atoms with van der Waals surface area (Å²) in [4.78, 5) is 54.7. The highest BCUT2D eigenvalue weighted by Gasteiger charge is 2.38. The Labute approximate surface area is 202 Å². The Kier molecular flexibility index (Phi) is 5.47. The molecule has 3 aromatic rings. The molecule has 0 aromatic heterocycles. The van der Waals surface area contributed by atoms with Crippen LogP contribution in [0.5, 0.6) is 0 Å². The minimum absolute atomic E-state index is 0.106.